The highest BCUT2D eigenvalue weighted by molar-refractivity contribution is 14.1. The standard InChI is InChI=1S/C23H26N4O3S.C23H28N4O3S.C22H27N5O3S.C21H23N5O3S.CH3I.3CH2O2/c1-16(28)19-9-7-17-15-18(8-10-20(17)19)31(29,30)27-22-6-4-3-5-21(22)23(24-27)26-13-11-25(2)12-14-26;1-30-19-9-12-26(16-19)18-5-4-6-20(15-18)31(28,29)27-17-23(25-13-10-24-11-14-25)21-7-2-3-8-22(21)27;1-30-18-7-11-26(15-18)17-4-2-5-19(14-17)31(28,29)27-16-21(25-12-9-23-10-13-25)20-6-3-8-24-22(20)27;1-15(27)25-10-6-16-13-17(4-5-19(16)25)30(28,29)26-14-20(24-11-8-22-9-12-24)18-3-2-7-23-21(18)26;1-2;3*2-1-3/h3-6,8,10,15,19H,7,9,11-14H2,1-2H3;2-8,15,17,19,24H,9-14,16H2,1H3;2-6,8,14,16,18,23H,7,9-13,15H2,1H3;2-5,7,13-14,22H,6,8-12H2,1H3;1H3;3*1H,(H,2,3). The zero-order valence-corrected chi connectivity index (χ0v) is 80.9. The molecule has 0 spiro atoms. The van der Waals surface area contributed by atoms with Gasteiger partial charge in [-0.1, -0.05) is 71.1 Å². The Labute approximate surface area is 793 Å². The average molecular weight is 2030 g/mol. The Bertz CT molecular complexity index is 6430. The monoisotopic (exact) mass is 2020 g/mol. The number of alkyl halides is 1. The fourth-order valence-corrected chi connectivity index (χ4v) is 23.6. The van der Waals surface area contributed by atoms with Crippen molar-refractivity contribution in [3.63, 3.8) is 0 Å². The minimum absolute atomic E-state index is 0.0365. The second kappa shape index (κ2) is 45.1. The average Bonchev–Trinajstić information content (AvgIpc) is 1.60. The predicted octanol–water partition coefficient (Wildman–Crippen LogP) is 8.81. The van der Waals surface area contributed by atoms with Gasteiger partial charge in [-0.05, 0) is 177 Å². The summed E-state index contributed by atoms with van der Waals surface area (Å²) in [6.07, 6.45) is 12.8. The summed E-state index contributed by atoms with van der Waals surface area (Å²) in [7, 11) is -9.71. The molecule has 6 saturated heterocycles. The number of benzene rings is 6. The lowest BCUT2D eigenvalue weighted by atomic mass is 9.98. The highest BCUT2D eigenvalue weighted by Gasteiger charge is 2.36. The van der Waals surface area contributed by atoms with Crippen LogP contribution in [-0.4, -0.2) is 292 Å². The number of aromatic nitrogens is 7. The van der Waals surface area contributed by atoms with Crippen molar-refractivity contribution >= 4 is 178 Å². The number of piperazine rings is 4. The molecule has 1 amide bonds. The molecule has 3 unspecified atom stereocenters. The number of pyridine rings is 2. The van der Waals surface area contributed by atoms with Crippen LogP contribution in [0.15, 0.2) is 208 Å². The van der Waals surface area contributed by atoms with Crippen LogP contribution in [0.25, 0.3) is 43.9 Å². The number of ether oxygens (including phenoxy) is 2. The van der Waals surface area contributed by atoms with Crippen LogP contribution in [-0.2, 0) is 86.4 Å². The molecule has 6 aromatic heterocycles. The maximum absolute atomic E-state index is 13.7. The van der Waals surface area contributed by atoms with E-state index in [1.165, 1.54) is 22.9 Å². The van der Waals surface area contributed by atoms with Crippen LogP contribution in [0.1, 0.15) is 55.7 Å². The van der Waals surface area contributed by atoms with Crippen LogP contribution in [0.4, 0.5) is 39.9 Å². The molecule has 714 valence electrons. The predicted molar refractivity (Wildman–Crippen MR) is 527 cm³/mol. The van der Waals surface area contributed by atoms with E-state index in [1.54, 1.807) is 130 Å². The number of para-hydroxylation sites is 2. The molecule has 0 bridgehead atoms. The van der Waals surface area contributed by atoms with Gasteiger partial charge in [0.15, 0.2) is 17.1 Å². The molecule has 6 N–H and O–H groups in total. The van der Waals surface area contributed by atoms with Crippen molar-refractivity contribution in [2.45, 2.75) is 83.7 Å². The van der Waals surface area contributed by atoms with E-state index in [9.17, 15) is 43.3 Å². The summed E-state index contributed by atoms with van der Waals surface area (Å²) in [5.74, 6) is 0.682. The largest absolute Gasteiger partial charge is 0.483 e. The van der Waals surface area contributed by atoms with E-state index in [0.717, 1.165) is 229 Å². The number of methoxy groups -OCH3 is 2. The van der Waals surface area contributed by atoms with Crippen LogP contribution >= 0.6 is 22.6 Å². The van der Waals surface area contributed by atoms with Crippen molar-refractivity contribution in [3.8, 4) is 0 Å². The van der Waals surface area contributed by atoms with E-state index in [0.29, 0.717) is 46.0 Å². The summed E-state index contributed by atoms with van der Waals surface area (Å²) in [5, 5.41) is 38.8. The number of halogens is 1. The second-order valence-electron chi connectivity index (χ2n) is 32.7. The molecule has 1 aliphatic carbocycles. The third-order valence-electron chi connectivity index (χ3n) is 24.9. The van der Waals surface area contributed by atoms with Gasteiger partial charge in [0.05, 0.1) is 59.9 Å². The van der Waals surface area contributed by atoms with Gasteiger partial charge in [-0.2, -0.15) is 12.5 Å². The van der Waals surface area contributed by atoms with Crippen LogP contribution < -0.4 is 50.2 Å². The molecule has 134 heavy (non-hydrogen) atoms. The molecule has 36 nitrogen and oxygen atoms in total. The Morgan fingerprint density at radius 1 is 0.425 bits per heavy atom. The number of ketones is 1. The molecule has 0 radical (unpaired) electrons. The van der Waals surface area contributed by atoms with E-state index < -0.39 is 40.1 Å². The Balaban J connectivity index is 0.000000146. The fraction of sp³-hybridized carbons (Fsp3) is 0.376. The molecule has 12 aromatic rings. The summed E-state index contributed by atoms with van der Waals surface area (Å²) in [6, 6.07) is 47.3. The number of likely N-dealkylation sites (N-methyl/N-ethyl adjacent to an activating group) is 1. The highest BCUT2D eigenvalue weighted by atomic mass is 127. The summed E-state index contributed by atoms with van der Waals surface area (Å²) >= 11 is 2.15. The van der Waals surface area contributed by atoms with Crippen molar-refractivity contribution in [3.05, 3.63) is 205 Å². The van der Waals surface area contributed by atoms with Gasteiger partial charge < -0.3 is 79.9 Å². The molecule has 20 rings (SSSR count). The first kappa shape index (κ1) is 99.8. The molecular weight excluding hydrogens is 1910 g/mol. The number of aryl methyl sites for hydroxylation is 1. The lowest BCUT2D eigenvalue weighted by molar-refractivity contribution is -0.123. The van der Waals surface area contributed by atoms with Gasteiger partial charge in [-0.3, -0.25) is 24.0 Å². The van der Waals surface area contributed by atoms with Gasteiger partial charge >= 0.3 is 0 Å². The number of hydrogen-bond acceptors (Lipinski definition) is 28. The van der Waals surface area contributed by atoms with Crippen LogP contribution in [0.2, 0.25) is 0 Å². The number of fused-ring (bicyclic) bond motifs is 6. The van der Waals surface area contributed by atoms with Gasteiger partial charge in [0.2, 0.25) is 5.91 Å². The third-order valence-corrected chi connectivity index (χ3v) is 31.5. The van der Waals surface area contributed by atoms with Crippen LogP contribution in [0.5, 0.6) is 0 Å². The Morgan fingerprint density at radius 2 is 0.851 bits per heavy atom. The zero-order valence-electron chi connectivity index (χ0n) is 75.4. The summed E-state index contributed by atoms with van der Waals surface area (Å²) in [4.78, 5) is 77.7. The molecule has 0 saturated carbocycles. The number of rotatable bonds is 17. The summed E-state index contributed by atoms with van der Waals surface area (Å²) in [6.45, 7) is 19.9. The first-order valence-electron chi connectivity index (χ1n) is 44.0. The van der Waals surface area contributed by atoms with Crippen molar-refractivity contribution in [2.24, 2.45) is 0 Å². The first-order valence-corrected chi connectivity index (χ1v) is 51.9. The number of Topliss-reactive ketones (excluding diaryl/α,β-unsaturated/α-hetero) is 1. The van der Waals surface area contributed by atoms with Crippen LogP contribution in [0.3, 0.4) is 0 Å². The van der Waals surface area contributed by atoms with Crippen LogP contribution in [0, 0.1) is 0 Å². The number of carbonyl (C=O) groups is 5. The van der Waals surface area contributed by atoms with Gasteiger partial charge in [0.1, 0.15) is 5.78 Å². The lowest BCUT2D eigenvalue weighted by Crippen LogP contribution is -2.44. The smallest absolute Gasteiger partial charge is 0.290 e. The highest BCUT2D eigenvalue weighted by Crippen LogP contribution is 2.41. The van der Waals surface area contributed by atoms with E-state index in [2.05, 4.69) is 95.0 Å². The van der Waals surface area contributed by atoms with Gasteiger partial charge in [-0.15, -0.1) is 5.10 Å². The molecular formula is C93H113IN18O18S4. The third kappa shape index (κ3) is 21.8. The number of hydrogen-bond donors (Lipinski definition) is 6. The zero-order chi connectivity index (χ0) is 95.6. The van der Waals surface area contributed by atoms with Gasteiger partial charge in [0, 0.05) is 234 Å². The normalized spacial score (nSPS) is 17.9. The summed E-state index contributed by atoms with van der Waals surface area (Å²) < 4.78 is 125. The Hall–Kier alpha value is -11.7. The van der Waals surface area contributed by atoms with Crippen molar-refractivity contribution in [1.29, 1.82) is 0 Å². The SMILES string of the molecule is CC(=O)C1CCc2cc(S(=O)(=O)n3nc(N4CCN(C)CC4)c4ccccc43)ccc21.CC(=O)N1CCc2cc(S(=O)(=O)n3cc(N4CCNCC4)c4cccnc43)ccc21.CI.COC1CCN(c2cccc(S(=O)(=O)n3cc(N4CCNCC4)c4ccccc43)c2)C1.COC1CCN(c2cccc(S(=O)(=O)n3cc(N4CCNCC4)c4cccnc43)c2)C1.O=CO.O=CO.O=CO. The first-order chi connectivity index (χ1) is 64.7. The second-order valence-corrected chi connectivity index (χ2v) is 39.9. The molecule has 6 fully saturated rings. The number of carbonyl (C=O) groups excluding carboxylic acids is 2. The molecule has 7 aliphatic heterocycles. The maximum atomic E-state index is 13.7. The number of nitrogens with zero attached hydrogens (tertiary/aromatic N) is 15. The maximum Gasteiger partial charge on any atom is 0.290 e. The minimum atomic E-state index is -3.87. The molecule has 41 heteroatoms. The van der Waals surface area contributed by atoms with E-state index in [4.69, 9.17) is 39.2 Å². The van der Waals surface area contributed by atoms with E-state index in [1.807, 2.05) is 89.9 Å². The minimum Gasteiger partial charge on any atom is -0.483 e. The van der Waals surface area contributed by atoms with Gasteiger partial charge in [-0.25, -0.2) is 47.1 Å². The van der Waals surface area contributed by atoms with Crippen molar-refractivity contribution in [1.82, 2.24) is 51.9 Å². The van der Waals surface area contributed by atoms with Crippen molar-refractivity contribution < 1.29 is 82.4 Å². The molecule has 3 atom stereocenters. The van der Waals surface area contributed by atoms with E-state index in [-0.39, 0.29) is 63.9 Å². The lowest BCUT2D eigenvalue weighted by Gasteiger charge is -2.32. The number of amides is 1. The van der Waals surface area contributed by atoms with Crippen molar-refractivity contribution in [2.75, 3.05) is 198 Å². The quantitative estimate of drug-likeness (QED) is 0.0281. The summed E-state index contributed by atoms with van der Waals surface area (Å²) in [5.41, 5.74) is 10.3. The topological polar surface area (TPSA) is 421 Å². The number of nitrogens with one attached hydrogen (secondary N) is 3. The van der Waals surface area contributed by atoms with Gasteiger partial charge in [0.25, 0.3) is 59.5 Å². The molecule has 8 aliphatic rings. The molecule has 6 aromatic carbocycles. The molecule has 13 heterocycles. The van der Waals surface area contributed by atoms with E-state index >= 15 is 0 Å². The Kier molecular flexibility index (Phi) is 33.6. The Morgan fingerprint density at radius 3 is 1.33 bits per heavy atom. The fourth-order valence-electron chi connectivity index (χ4n) is 18.1. The number of anilines is 7. The number of carboxylic acid groups (broad SMARTS) is 3.